The van der Waals surface area contributed by atoms with Crippen molar-refractivity contribution in [3.8, 4) is 0 Å². The fraction of sp³-hybridized carbons (Fsp3) is 0.600. The Morgan fingerprint density at radius 1 is 1.20 bits per heavy atom. The van der Waals surface area contributed by atoms with Gasteiger partial charge in [0.05, 0.1) is 17.2 Å². The van der Waals surface area contributed by atoms with Gasteiger partial charge >= 0.3 is 0 Å². The van der Waals surface area contributed by atoms with Gasteiger partial charge in [0.2, 0.25) is 0 Å². The summed E-state index contributed by atoms with van der Waals surface area (Å²) in [6.45, 7) is 0.775. The van der Waals surface area contributed by atoms with Gasteiger partial charge in [-0.05, 0) is 25.0 Å². The molecule has 0 aromatic heterocycles. The van der Waals surface area contributed by atoms with Crippen LogP contribution in [0.5, 0.6) is 0 Å². The molecule has 1 aliphatic rings. The summed E-state index contributed by atoms with van der Waals surface area (Å²) in [6, 6.07) is 6.95. The van der Waals surface area contributed by atoms with Crippen LogP contribution in [0, 0.1) is 5.41 Å². The molecule has 0 spiro atoms. The smallest absolute Gasteiger partial charge is 0.177 e. The first-order valence-corrected chi connectivity index (χ1v) is 9.00. The van der Waals surface area contributed by atoms with E-state index in [0.717, 1.165) is 25.7 Å². The van der Waals surface area contributed by atoms with Crippen LogP contribution in [0.2, 0.25) is 0 Å². The van der Waals surface area contributed by atoms with Crippen LogP contribution in [-0.4, -0.2) is 32.9 Å². The maximum absolute atomic E-state index is 11.8. The fourth-order valence-corrected chi connectivity index (χ4v) is 3.78. The second kappa shape index (κ2) is 6.14. The van der Waals surface area contributed by atoms with Crippen LogP contribution in [0.15, 0.2) is 29.2 Å². The highest BCUT2D eigenvalue weighted by Gasteiger charge is 2.31. The molecule has 5 heteroatoms. The van der Waals surface area contributed by atoms with E-state index >= 15 is 0 Å². The van der Waals surface area contributed by atoms with E-state index in [1.54, 1.807) is 18.2 Å². The van der Waals surface area contributed by atoms with Gasteiger partial charge in [0, 0.05) is 18.2 Å². The zero-order valence-corrected chi connectivity index (χ0v) is 12.7. The number of nitrogens with one attached hydrogen (secondary N) is 1. The second-order valence-corrected chi connectivity index (χ2v) is 7.82. The Morgan fingerprint density at radius 3 is 2.45 bits per heavy atom. The number of aliphatic hydroxyl groups is 1. The molecule has 0 amide bonds. The molecule has 2 rings (SSSR count). The first-order valence-electron chi connectivity index (χ1n) is 7.11. The van der Waals surface area contributed by atoms with Crippen molar-refractivity contribution in [3.63, 3.8) is 0 Å². The highest BCUT2D eigenvalue weighted by molar-refractivity contribution is 7.90. The van der Waals surface area contributed by atoms with E-state index in [4.69, 9.17) is 0 Å². The minimum Gasteiger partial charge on any atom is -0.396 e. The molecule has 0 bridgehead atoms. The first kappa shape index (κ1) is 15.3. The molecule has 4 nitrogen and oxygen atoms in total. The molecule has 0 saturated heterocycles. The molecule has 1 fully saturated rings. The van der Waals surface area contributed by atoms with Crippen molar-refractivity contribution in [3.05, 3.63) is 24.3 Å². The Morgan fingerprint density at radius 2 is 1.85 bits per heavy atom. The highest BCUT2D eigenvalue weighted by Crippen LogP contribution is 2.36. The van der Waals surface area contributed by atoms with Crippen LogP contribution >= 0.6 is 0 Å². The van der Waals surface area contributed by atoms with Crippen molar-refractivity contribution < 1.29 is 13.5 Å². The van der Waals surface area contributed by atoms with E-state index in [-0.39, 0.29) is 12.0 Å². The SMILES string of the molecule is CS(=O)(=O)c1ccccc1NCC1(CO)CCCCC1. The van der Waals surface area contributed by atoms with Crippen molar-refractivity contribution >= 4 is 15.5 Å². The summed E-state index contributed by atoms with van der Waals surface area (Å²) in [6.07, 6.45) is 6.71. The maximum atomic E-state index is 11.8. The third-order valence-corrected chi connectivity index (χ3v) is 5.34. The van der Waals surface area contributed by atoms with Crippen molar-refractivity contribution in [2.24, 2.45) is 5.41 Å². The number of hydrogen-bond acceptors (Lipinski definition) is 4. The lowest BCUT2D eigenvalue weighted by molar-refractivity contribution is 0.0943. The number of para-hydroxylation sites is 1. The Bertz CT molecular complexity index is 548. The molecule has 0 atom stereocenters. The lowest BCUT2D eigenvalue weighted by Gasteiger charge is -2.36. The molecular weight excluding hydrogens is 274 g/mol. The normalized spacial score (nSPS) is 18.7. The van der Waals surface area contributed by atoms with E-state index < -0.39 is 9.84 Å². The predicted octanol–water partition coefficient (Wildman–Crippen LogP) is 2.44. The number of benzene rings is 1. The number of anilines is 1. The topological polar surface area (TPSA) is 66.4 Å². The Hall–Kier alpha value is -1.07. The van der Waals surface area contributed by atoms with Gasteiger partial charge in [-0.3, -0.25) is 0 Å². The van der Waals surface area contributed by atoms with E-state index in [0.29, 0.717) is 17.1 Å². The Labute approximate surface area is 121 Å². The van der Waals surface area contributed by atoms with Gasteiger partial charge in [-0.1, -0.05) is 31.4 Å². The van der Waals surface area contributed by atoms with E-state index in [1.807, 2.05) is 6.07 Å². The molecule has 1 aromatic carbocycles. The predicted molar refractivity (Wildman–Crippen MR) is 80.6 cm³/mol. The third kappa shape index (κ3) is 3.52. The average Bonchev–Trinajstić information content (AvgIpc) is 2.45. The molecule has 0 radical (unpaired) electrons. The Balaban J connectivity index is 2.14. The van der Waals surface area contributed by atoms with Crippen molar-refractivity contribution in [1.29, 1.82) is 0 Å². The van der Waals surface area contributed by atoms with Crippen molar-refractivity contribution in [2.45, 2.75) is 37.0 Å². The van der Waals surface area contributed by atoms with Crippen molar-refractivity contribution in [1.82, 2.24) is 0 Å². The summed E-state index contributed by atoms with van der Waals surface area (Å²) >= 11 is 0. The fourth-order valence-electron chi connectivity index (χ4n) is 2.91. The summed E-state index contributed by atoms with van der Waals surface area (Å²) < 4.78 is 23.5. The number of sulfone groups is 1. The summed E-state index contributed by atoms with van der Waals surface area (Å²) in [4.78, 5) is 0.323. The van der Waals surface area contributed by atoms with Gasteiger partial charge in [-0.25, -0.2) is 8.42 Å². The molecule has 0 aliphatic heterocycles. The quantitative estimate of drug-likeness (QED) is 0.876. The van der Waals surface area contributed by atoms with Gasteiger partial charge < -0.3 is 10.4 Å². The maximum Gasteiger partial charge on any atom is 0.177 e. The first-order chi connectivity index (χ1) is 9.47. The van der Waals surface area contributed by atoms with Gasteiger partial charge in [0.25, 0.3) is 0 Å². The van der Waals surface area contributed by atoms with E-state index in [9.17, 15) is 13.5 Å². The Kier molecular flexibility index (Phi) is 4.70. The molecule has 20 heavy (non-hydrogen) atoms. The van der Waals surface area contributed by atoms with Gasteiger partial charge in [0.15, 0.2) is 9.84 Å². The highest BCUT2D eigenvalue weighted by atomic mass is 32.2. The molecule has 112 valence electrons. The van der Waals surface area contributed by atoms with Crippen molar-refractivity contribution in [2.75, 3.05) is 24.7 Å². The standard InChI is InChI=1S/C15H23NO3S/c1-20(18,19)14-8-4-3-7-13(14)16-11-15(12-17)9-5-2-6-10-15/h3-4,7-8,16-17H,2,5-6,9-12H2,1H3. The summed E-state index contributed by atoms with van der Waals surface area (Å²) in [5.41, 5.74) is 0.525. The van der Waals surface area contributed by atoms with Gasteiger partial charge in [0.1, 0.15) is 0 Å². The summed E-state index contributed by atoms with van der Waals surface area (Å²) in [5, 5.41) is 12.9. The van der Waals surface area contributed by atoms with Gasteiger partial charge in [-0.2, -0.15) is 0 Å². The molecule has 2 N–H and O–H groups in total. The molecule has 0 unspecified atom stereocenters. The van der Waals surface area contributed by atoms with Crippen LogP contribution in [-0.2, 0) is 9.84 Å². The number of rotatable bonds is 5. The molecular formula is C15H23NO3S. The van der Waals surface area contributed by atoms with Crippen LogP contribution in [0.4, 0.5) is 5.69 Å². The van der Waals surface area contributed by atoms with E-state index in [2.05, 4.69) is 5.32 Å². The lowest BCUT2D eigenvalue weighted by Crippen LogP contribution is -2.35. The monoisotopic (exact) mass is 297 g/mol. The van der Waals surface area contributed by atoms with Crippen LogP contribution in [0.25, 0.3) is 0 Å². The minimum absolute atomic E-state index is 0.108. The zero-order valence-electron chi connectivity index (χ0n) is 11.9. The van der Waals surface area contributed by atoms with Crippen LogP contribution in [0.1, 0.15) is 32.1 Å². The number of aliphatic hydroxyl groups excluding tert-OH is 1. The van der Waals surface area contributed by atoms with Crippen LogP contribution in [0.3, 0.4) is 0 Å². The molecule has 0 heterocycles. The zero-order chi connectivity index (χ0) is 14.6. The van der Waals surface area contributed by atoms with Crippen LogP contribution < -0.4 is 5.32 Å². The third-order valence-electron chi connectivity index (χ3n) is 4.19. The lowest BCUT2D eigenvalue weighted by atomic mass is 9.74. The largest absolute Gasteiger partial charge is 0.396 e. The van der Waals surface area contributed by atoms with Gasteiger partial charge in [-0.15, -0.1) is 0 Å². The summed E-state index contributed by atoms with van der Waals surface area (Å²) in [7, 11) is -3.24. The average molecular weight is 297 g/mol. The van der Waals surface area contributed by atoms with E-state index in [1.165, 1.54) is 12.7 Å². The molecule has 1 aliphatic carbocycles. The molecule has 1 aromatic rings. The number of hydrogen-bond donors (Lipinski definition) is 2. The minimum atomic E-state index is -3.24. The second-order valence-electron chi connectivity index (χ2n) is 5.84. The molecule has 1 saturated carbocycles. The summed E-state index contributed by atoms with van der Waals surface area (Å²) in [5.74, 6) is 0.